The van der Waals surface area contributed by atoms with Gasteiger partial charge in [-0.05, 0) is 107 Å². The maximum Gasteiger partial charge on any atom is 0.431 e. The number of aromatic nitrogens is 8. The molecule has 0 fully saturated rings. The highest BCUT2D eigenvalue weighted by molar-refractivity contribution is 7.94. The fraction of sp³-hybridized carbons (Fsp3) is 0.411. The van der Waals surface area contributed by atoms with E-state index in [1.54, 1.807) is 23.5 Å². The number of ether oxygens (including phenoxy) is 4. The third-order valence-corrected chi connectivity index (χ3v) is 13.8. The number of urea groups is 1. The number of nitrogens with one attached hydrogen (secondary N) is 5. The van der Waals surface area contributed by atoms with Gasteiger partial charge in [-0.15, -0.1) is 0 Å². The summed E-state index contributed by atoms with van der Waals surface area (Å²) in [6.45, 7) is 11.8. The summed E-state index contributed by atoms with van der Waals surface area (Å²) in [5, 5.41) is 17.8. The largest absolute Gasteiger partial charge is 0.778 e. The van der Waals surface area contributed by atoms with Gasteiger partial charge in [-0.3, -0.25) is 34.4 Å². The van der Waals surface area contributed by atoms with Crippen LogP contribution in [0.3, 0.4) is 0 Å². The van der Waals surface area contributed by atoms with E-state index < -0.39 is 93.4 Å². The van der Waals surface area contributed by atoms with E-state index in [4.69, 9.17) is 75.4 Å². The Hall–Kier alpha value is -8.13. The van der Waals surface area contributed by atoms with E-state index in [2.05, 4.69) is 64.6 Å². The summed E-state index contributed by atoms with van der Waals surface area (Å²) < 4.78 is 96.7. The van der Waals surface area contributed by atoms with E-state index in [0.717, 1.165) is 25.3 Å². The molecule has 4 aromatic heterocycles. The molecule has 5 heterocycles. The Bertz CT molecular complexity index is 3970. The zero-order chi connectivity index (χ0) is 74.7. The number of carbonyl (C=O) groups is 5. The monoisotopic (exact) mass is 1520 g/mol. The van der Waals surface area contributed by atoms with Gasteiger partial charge >= 0.3 is 29.8 Å². The van der Waals surface area contributed by atoms with Gasteiger partial charge < -0.3 is 58.8 Å². The van der Waals surface area contributed by atoms with Crippen molar-refractivity contribution in [3.8, 4) is 23.2 Å². The van der Waals surface area contributed by atoms with Crippen LogP contribution in [0, 0.1) is 0 Å². The molecule has 2 aromatic carbocycles. The number of alkyl halides is 5. The van der Waals surface area contributed by atoms with Crippen molar-refractivity contribution in [2.24, 2.45) is 7.05 Å². The number of carboxylic acid groups (broad SMARTS) is 1. The SMILES string of the molecule is CC(C)OC(=O)c1cc(-n2c(=O)cc(C(F)(F)F)n(C)c2=O)ccc1Cl.CC1COc2ccccc2N1C(=O)C(Cl)Cl.CCNc1nc(Cl)nc(NC(C)C)n1.COc1cc(OC)nc(NC(=O)NS(=O)(=O)c2ncccc2C(=O)N(C)C)n1.C[S+](C)C.O=C(O)CNCP(=O)([O-])O. The number of esters is 1. The fourth-order valence-corrected chi connectivity index (χ4v) is 9.15. The van der Waals surface area contributed by atoms with Crippen LogP contribution >= 0.6 is 54.0 Å². The molecule has 6 aromatic rings. The predicted octanol–water partition coefficient (Wildman–Crippen LogP) is 5.91. The Labute approximate surface area is 583 Å². The van der Waals surface area contributed by atoms with Crippen LogP contribution in [0.1, 0.15) is 68.0 Å². The average Bonchev–Trinajstić information content (AvgIpc) is 0.783. The van der Waals surface area contributed by atoms with Crippen LogP contribution in [0.25, 0.3) is 5.69 Å². The van der Waals surface area contributed by atoms with Crippen LogP contribution < -0.4 is 61.2 Å². The molecule has 0 radical (unpaired) electrons. The van der Waals surface area contributed by atoms with Crippen molar-refractivity contribution in [3.05, 3.63) is 121 Å². The first kappa shape index (κ1) is 86.0. The minimum absolute atomic E-state index is 0.0104. The summed E-state index contributed by atoms with van der Waals surface area (Å²) >= 11 is 22.9. The van der Waals surface area contributed by atoms with Crippen LogP contribution in [0.5, 0.6) is 17.5 Å². The molecular formula is C56H73Cl4F3N15O17PS2. The highest BCUT2D eigenvalue weighted by atomic mass is 35.5. The standard InChI is InChI=1S/C16H14ClF3N2O4.C15H18N6O6S.C11H11Cl2NO2.C8H14ClN5.C3H8NO5P.C3H9S/c1-8(2)26-14(24)10-6-9(4-5-11(10)17)22-13(23)7-12(16(18,19)20)21(3)15(22)25;1-21(2)13(22)9-6-5-7-16-12(9)28(24,25)20-15(23)19-14-17-10(26-3)8-11(18-14)27-4;1-7-6-16-9-5-3-2-4-8(9)14(7)11(15)10(12)13;1-4-10-7-12-6(9)13-8(14-7)11-5(2)3;5-3(6)1-4-2-10(7,8)9;1-4(2)3/h4-8H,1-3H3;5-8H,1-4H3,(H2,17,18,19,20,23);2-5,7,10H,6H2,1H3;5H,4H2,1-3H3,(H2,10,11,12,13,14);4H,1-2H2,(H,5,6)(H2,7,8,9);1-3H3/q;;;;;+1/p-1. The molecule has 32 nitrogen and oxygen atoms in total. The number of sulfonamides is 1. The molecule has 0 saturated heterocycles. The number of pyridine rings is 1. The number of carbonyl (C=O) groups excluding carboxylic acids is 4. The Morgan fingerprint density at radius 3 is 2.00 bits per heavy atom. The van der Waals surface area contributed by atoms with Gasteiger partial charge in [-0.2, -0.15) is 46.5 Å². The number of hydrogen-bond donors (Lipinski definition) is 7. The first-order valence-electron chi connectivity index (χ1n) is 28.1. The number of aliphatic carboxylic acids is 1. The molecule has 7 N–H and O–H groups in total. The molecule has 0 aliphatic carbocycles. The van der Waals surface area contributed by atoms with Crippen molar-refractivity contribution in [2.45, 2.75) is 75.8 Å². The molecule has 98 heavy (non-hydrogen) atoms. The molecule has 1 aliphatic heterocycles. The van der Waals surface area contributed by atoms with Crippen LogP contribution in [-0.4, -0.2) is 188 Å². The number of halogens is 7. The van der Waals surface area contributed by atoms with Gasteiger partial charge in [-0.1, -0.05) is 46.9 Å². The topological polar surface area (TPSA) is 425 Å². The van der Waals surface area contributed by atoms with Gasteiger partial charge in [-0.25, -0.2) is 28.7 Å². The van der Waals surface area contributed by atoms with Crippen molar-refractivity contribution in [1.82, 2.24) is 54.0 Å². The number of methoxy groups -OCH3 is 2. The molecular weight excluding hydrogens is 1450 g/mol. The molecule has 0 spiro atoms. The molecule has 0 bridgehead atoms. The summed E-state index contributed by atoms with van der Waals surface area (Å²) in [6.07, 6.45) is 1.76. The summed E-state index contributed by atoms with van der Waals surface area (Å²) in [7, 11) is -1.66. The second kappa shape index (κ2) is 40.1. The van der Waals surface area contributed by atoms with Gasteiger partial charge in [0.2, 0.25) is 34.9 Å². The van der Waals surface area contributed by atoms with E-state index >= 15 is 0 Å². The van der Waals surface area contributed by atoms with Crippen molar-refractivity contribution in [2.75, 3.05) is 93.9 Å². The zero-order valence-corrected chi connectivity index (χ0v) is 60.5. The maximum absolute atomic E-state index is 12.9. The third-order valence-electron chi connectivity index (χ3n) is 11.0. The number of benzene rings is 2. The zero-order valence-electron chi connectivity index (χ0n) is 55.0. The molecule has 4 amide bonds. The first-order chi connectivity index (χ1) is 45.5. The fourth-order valence-electron chi connectivity index (χ4n) is 7.15. The Balaban J connectivity index is 0.000000428. The number of carboxylic acids is 1. The summed E-state index contributed by atoms with van der Waals surface area (Å²) in [6, 6.07) is 14.4. The molecule has 42 heteroatoms. The smallest absolute Gasteiger partial charge is 0.431 e. The Morgan fingerprint density at radius 1 is 0.888 bits per heavy atom. The number of fused-ring (bicyclic) bond motifs is 1. The van der Waals surface area contributed by atoms with Gasteiger partial charge in [0.15, 0.2) is 9.86 Å². The number of nitrogens with zero attached hydrogens (tertiary/aromatic N) is 10. The summed E-state index contributed by atoms with van der Waals surface area (Å²) in [5.74, 6) is -1.26. The van der Waals surface area contributed by atoms with Crippen LogP contribution in [-0.2, 0) is 53.0 Å². The molecule has 7 rings (SSSR count). The normalized spacial score (nSPS) is 12.8. The number of hydrogen-bond acceptors (Lipinski definition) is 24. The Kier molecular flexibility index (Phi) is 35.1. The summed E-state index contributed by atoms with van der Waals surface area (Å²) in [4.78, 5) is 126. The molecule has 2 unspecified atom stereocenters. The molecule has 2 atom stereocenters. The van der Waals surface area contributed by atoms with Crippen molar-refractivity contribution < 1.29 is 84.0 Å². The Morgan fingerprint density at radius 2 is 1.48 bits per heavy atom. The van der Waals surface area contributed by atoms with Crippen molar-refractivity contribution in [3.63, 3.8) is 0 Å². The number of para-hydroxylation sites is 2. The average molecular weight is 1520 g/mol. The van der Waals surface area contributed by atoms with E-state index in [9.17, 15) is 64.6 Å². The third kappa shape index (κ3) is 29.1. The lowest BCUT2D eigenvalue weighted by atomic mass is 10.1. The lowest BCUT2D eigenvalue weighted by molar-refractivity contribution is -0.193. The van der Waals surface area contributed by atoms with Crippen LogP contribution in [0.15, 0.2) is 87.5 Å². The van der Waals surface area contributed by atoms with E-state index in [1.807, 2.05) is 57.3 Å². The van der Waals surface area contributed by atoms with Crippen LogP contribution in [0.4, 0.5) is 41.5 Å². The molecule has 0 saturated carbocycles. The number of anilines is 4. The quantitative estimate of drug-likeness (QED) is 0.0227. The molecule has 540 valence electrons. The molecule has 1 aliphatic rings. The number of rotatable bonds is 18. The van der Waals surface area contributed by atoms with Gasteiger partial charge in [0.25, 0.3) is 27.4 Å². The highest BCUT2D eigenvalue weighted by Gasteiger charge is 2.36. The van der Waals surface area contributed by atoms with Gasteiger partial charge in [0, 0.05) is 46.0 Å². The minimum Gasteiger partial charge on any atom is -0.778 e. The lowest BCUT2D eigenvalue weighted by Crippen LogP contribution is -2.47. The summed E-state index contributed by atoms with van der Waals surface area (Å²) in [5.41, 5.74) is -3.47. The second-order valence-corrected chi connectivity index (χ2v) is 28.1. The van der Waals surface area contributed by atoms with Crippen LogP contribution in [0.2, 0.25) is 10.3 Å². The van der Waals surface area contributed by atoms with Gasteiger partial charge in [0.05, 0.1) is 91.6 Å². The predicted molar refractivity (Wildman–Crippen MR) is 362 cm³/mol. The highest BCUT2D eigenvalue weighted by Crippen LogP contribution is 2.35. The van der Waals surface area contributed by atoms with E-state index in [0.29, 0.717) is 50.3 Å². The van der Waals surface area contributed by atoms with Gasteiger partial charge in [0.1, 0.15) is 25.6 Å². The number of amides is 4. The second-order valence-electron chi connectivity index (χ2n) is 20.6. The van der Waals surface area contributed by atoms with E-state index in [-0.39, 0.29) is 62.8 Å². The minimum atomic E-state index is -4.86. The first-order valence-corrected chi connectivity index (χ1v) is 35.4. The van der Waals surface area contributed by atoms with Crippen molar-refractivity contribution >= 4 is 128 Å². The maximum atomic E-state index is 12.9. The van der Waals surface area contributed by atoms with Crippen molar-refractivity contribution in [1.29, 1.82) is 0 Å². The lowest BCUT2D eigenvalue weighted by Gasteiger charge is -2.35. The van der Waals surface area contributed by atoms with E-state index in [1.165, 1.54) is 69.7 Å².